The molecule has 0 radical (unpaired) electrons. The van der Waals surface area contributed by atoms with Crippen molar-refractivity contribution in [2.45, 2.75) is 44.8 Å². The molecule has 1 saturated heterocycles. The van der Waals surface area contributed by atoms with Crippen LogP contribution < -0.4 is 5.73 Å². The number of hydrogen-bond donors (Lipinski definition) is 1. The quantitative estimate of drug-likeness (QED) is 0.838. The molecule has 0 amide bonds. The molecule has 17 heavy (non-hydrogen) atoms. The normalized spacial score (nSPS) is 26.7. The summed E-state index contributed by atoms with van der Waals surface area (Å²) in [6.07, 6.45) is 1.05. The minimum atomic E-state index is 0.141. The zero-order valence-electron chi connectivity index (χ0n) is 10.3. The summed E-state index contributed by atoms with van der Waals surface area (Å²) in [5.41, 5.74) is 6.40. The van der Waals surface area contributed by atoms with Gasteiger partial charge in [0.1, 0.15) is 4.34 Å². The van der Waals surface area contributed by atoms with Crippen LogP contribution in [0.4, 0.5) is 0 Å². The van der Waals surface area contributed by atoms with Crippen molar-refractivity contribution in [2.24, 2.45) is 5.73 Å². The number of likely N-dealkylation sites (tertiary alicyclic amines) is 1. The van der Waals surface area contributed by atoms with Crippen molar-refractivity contribution < 1.29 is 0 Å². The van der Waals surface area contributed by atoms with Crippen molar-refractivity contribution in [2.75, 3.05) is 6.54 Å². The van der Waals surface area contributed by atoms with E-state index in [2.05, 4.69) is 47.7 Å². The van der Waals surface area contributed by atoms with Gasteiger partial charge in [0.05, 0.1) is 6.04 Å². The van der Waals surface area contributed by atoms with E-state index >= 15 is 0 Å². The molecule has 2 atom stereocenters. The first-order valence-corrected chi connectivity index (χ1v) is 7.76. The lowest BCUT2D eigenvalue weighted by atomic mass is 10.0. The van der Waals surface area contributed by atoms with Gasteiger partial charge < -0.3 is 5.73 Å². The molecule has 0 aromatic carbocycles. The zero-order valence-corrected chi connectivity index (χ0v) is 13.5. The van der Waals surface area contributed by atoms with Crippen molar-refractivity contribution in [3.8, 4) is 0 Å². The van der Waals surface area contributed by atoms with Gasteiger partial charge in [0.25, 0.3) is 0 Å². The van der Waals surface area contributed by atoms with Crippen molar-refractivity contribution in [3.63, 3.8) is 0 Å². The molecule has 1 aromatic heterocycles. The second-order valence-electron chi connectivity index (χ2n) is 5.53. The third-order valence-corrected chi connectivity index (χ3v) is 5.81. The third kappa shape index (κ3) is 2.71. The molecule has 1 aromatic rings. The summed E-state index contributed by atoms with van der Waals surface area (Å²) < 4.78 is 1.79. The van der Waals surface area contributed by atoms with Gasteiger partial charge in [-0.05, 0) is 49.2 Å². The second kappa shape index (κ2) is 4.82. The van der Waals surface area contributed by atoms with Crippen LogP contribution in [-0.2, 0) is 0 Å². The highest BCUT2D eigenvalue weighted by atomic mass is 79.9. The molecular weight excluding hydrogens is 320 g/mol. The minimum absolute atomic E-state index is 0.141. The van der Waals surface area contributed by atoms with Gasteiger partial charge in [0.2, 0.25) is 0 Å². The van der Waals surface area contributed by atoms with Crippen molar-refractivity contribution >= 4 is 38.9 Å². The Kier molecular flexibility index (Phi) is 3.91. The summed E-state index contributed by atoms with van der Waals surface area (Å²) in [4.78, 5) is 3.74. The van der Waals surface area contributed by atoms with E-state index in [1.807, 2.05) is 0 Å². The molecule has 5 heteroatoms. The van der Waals surface area contributed by atoms with Crippen LogP contribution in [0.5, 0.6) is 0 Å². The Bertz CT molecular complexity index is 394. The molecular formula is C12H18BrClN2S. The number of nitrogens with zero attached hydrogens (tertiary/aromatic N) is 1. The maximum absolute atomic E-state index is 6.26. The standard InChI is InChI=1S/C12H18BrClN2S/c1-12(2,3)16-5-4-8(15)10(16)9-6-7(13)11(14)17-9/h6,8,10H,4-5,15H2,1-3H3. The van der Waals surface area contributed by atoms with Crippen LogP contribution in [0.1, 0.15) is 38.1 Å². The molecule has 1 fully saturated rings. The number of rotatable bonds is 1. The van der Waals surface area contributed by atoms with Gasteiger partial charge >= 0.3 is 0 Å². The van der Waals surface area contributed by atoms with Crippen LogP contribution in [0.3, 0.4) is 0 Å². The fourth-order valence-electron chi connectivity index (χ4n) is 2.44. The molecule has 1 aliphatic heterocycles. The number of nitrogens with two attached hydrogens (primary N) is 1. The first-order valence-electron chi connectivity index (χ1n) is 5.78. The van der Waals surface area contributed by atoms with Crippen LogP contribution in [0.2, 0.25) is 4.34 Å². The average Bonchev–Trinajstić information content (AvgIpc) is 2.70. The van der Waals surface area contributed by atoms with Crippen LogP contribution >= 0.6 is 38.9 Å². The lowest BCUT2D eigenvalue weighted by Crippen LogP contribution is -2.43. The number of halogens is 2. The van der Waals surface area contributed by atoms with Crippen LogP contribution in [0, 0.1) is 0 Å². The summed E-state index contributed by atoms with van der Waals surface area (Å²) in [5, 5.41) is 0. The van der Waals surface area contributed by atoms with Crippen molar-refractivity contribution in [3.05, 3.63) is 19.8 Å². The Labute approximate surface area is 120 Å². The molecule has 2 heterocycles. The fourth-order valence-corrected chi connectivity index (χ4v) is 4.37. The average molecular weight is 338 g/mol. The summed E-state index contributed by atoms with van der Waals surface area (Å²) in [5.74, 6) is 0. The molecule has 0 spiro atoms. The molecule has 2 unspecified atom stereocenters. The van der Waals surface area contributed by atoms with Crippen molar-refractivity contribution in [1.82, 2.24) is 4.90 Å². The van der Waals surface area contributed by atoms with Crippen molar-refractivity contribution in [1.29, 1.82) is 0 Å². The SMILES string of the molecule is CC(C)(C)N1CCC(N)C1c1cc(Br)c(Cl)s1. The summed E-state index contributed by atoms with van der Waals surface area (Å²) in [6.45, 7) is 7.77. The third-order valence-electron chi connectivity index (χ3n) is 3.26. The van der Waals surface area contributed by atoms with E-state index in [1.165, 1.54) is 4.88 Å². The maximum Gasteiger partial charge on any atom is 0.107 e. The minimum Gasteiger partial charge on any atom is -0.326 e. The number of thiophene rings is 1. The predicted octanol–water partition coefficient (Wildman–Crippen LogP) is 4.04. The van der Waals surface area contributed by atoms with Gasteiger partial charge in [0.15, 0.2) is 0 Å². The molecule has 0 bridgehead atoms. The zero-order chi connectivity index (χ0) is 12.8. The van der Waals surface area contributed by atoms with Crippen LogP contribution in [-0.4, -0.2) is 23.0 Å². The Morgan fingerprint density at radius 2 is 2.18 bits per heavy atom. The van der Waals surface area contributed by atoms with Gasteiger partial charge in [-0.2, -0.15) is 0 Å². The smallest absolute Gasteiger partial charge is 0.107 e. The summed E-state index contributed by atoms with van der Waals surface area (Å²) in [7, 11) is 0. The highest BCUT2D eigenvalue weighted by molar-refractivity contribution is 9.10. The maximum atomic E-state index is 6.26. The fraction of sp³-hybridized carbons (Fsp3) is 0.667. The topological polar surface area (TPSA) is 29.3 Å². The first-order chi connectivity index (χ1) is 7.80. The van der Waals surface area contributed by atoms with Gasteiger partial charge in [-0.3, -0.25) is 4.90 Å². The van der Waals surface area contributed by atoms with Gasteiger partial charge in [-0.25, -0.2) is 0 Å². The van der Waals surface area contributed by atoms with E-state index < -0.39 is 0 Å². The lowest BCUT2D eigenvalue weighted by Gasteiger charge is -2.37. The first kappa shape index (κ1) is 13.8. The largest absolute Gasteiger partial charge is 0.326 e. The van der Waals surface area contributed by atoms with Crippen LogP contribution in [0.25, 0.3) is 0 Å². The van der Waals surface area contributed by atoms with Gasteiger partial charge in [-0.1, -0.05) is 11.6 Å². The molecule has 2 N–H and O–H groups in total. The molecule has 2 rings (SSSR count). The highest BCUT2D eigenvalue weighted by Gasteiger charge is 2.39. The van der Waals surface area contributed by atoms with Gasteiger partial charge in [-0.15, -0.1) is 11.3 Å². The Morgan fingerprint density at radius 3 is 2.65 bits per heavy atom. The van der Waals surface area contributed by atoms with E-state index in [1.54, 1.807) is 11.3 Å². The highest BCUT2D eigenvalue weighted by Crippen LogP contribution is 2.43. The molecule has 0 aliphatic carbocycles. The number of hydrogen-bond acceptors (Lipinski definition) is 3. The van der Waals surface area contributed by atoms with E-state index in [9.17, 15) is 0 Å². The summed E-state index contributed by atoms with van der Waals surface area (Å²) in [6, 6.07) is 2.61. The van der Waals surface area contributed by atoms with E-state index in [4.69, 9.17) is 17.3 Å². The predicted molar refractivity (Wildman–Crippen MR) is 78.8 cm³/mol. The molecule has 0 saturated carbocycles. The summed E-state index contributed by atoms with van der Waals surface area (Å²) >= 11 is 11.2. The van der Waals surface area contributed by atoms with E-state index in [0.29, 0.717) is 6.04 Å². The molecule has 2 nitrogen and oxygen atoms in total. The van der Waals surface area contributed by atoms with Gasteiger partial charge in [0, 0.05) is 27.5 Å². The molecule has 96 valence electrons. The Balaban J connectivity index is 2.34. The van der Waals surface area contributed by atoms with E-state index in [-0.39, 0.29) is 11.6 Å². The second-order valence-corrected chi connectivity index (χ2v) is 8.07. The lowest BCUT2D eigenvalue weighted by molar-refractivity contribution is 0.119. The molecule has 1 aliphatic rings. The van der Waals surface area contributed by atoms with E-state index in [0.717, 1.165) is 21.8 Å². The Morgan fingerprint density at radius 1 is 1.53 bits per heavy atom. The van der Waals surface area contributed by atoms with Crippen LogP contribution in [0.15, 0.2) is 10.5 Å². The monoisotopic (exact) mass is 336 g/mol. The Hall–Kier alpha value is 0.390.